The van der Waals surface area contributed by atoms with Gasteiger partial charge in [0.2, 0.25) is 0 Å². The maximum atomic E-state index is 12.9. The smallest absolute Gasteiger partial charge is 0.253 e. The molecule has 0 spiro atoms. The number of nitrogens with one attached hydrogen (secondary N) is 2. The molecule has 3 aromatic rings. The molecule has 3 rings (SSSR count). The van der Waals surface area contributed by atoms with Gasteiger partial charge in [0.25, 0.3) is 5.91 Å². The molecule has 8 heteroatoms. The van der Waals surface area contributed by atoms with E-state index in [0.29, 0.717) is 28.4 Å². The lowest BCUT2D eigenvalue weighted by molar-refractivity contribution is 0.0950. The van der Waals surface area contributed by atoms with E-state index in [2.05, 4.69) is 51.6 Å². The van der Waals surface area contributed by atoms with Gasteiger partial charge in [-0.3, -0.25) is 9.59 Å². The highest BCUT2D eigenvalue weighted by atomic mass is 127. The minimum absolute atomic E-state index is 0. The maximum absolute atomic E-state index is 12.9. The van der Waals surface area contributed by atoms with E-state index in [9.17, 15) is 9.59 Å². The summed E-state index contributed by atoms with van der Waals surface area (Å²) >= 11 is 2.15. The van der Waals surface area contributed by atoms with Gasteiger partial charge in [-0.1, -0.05) is 26.0 Å². The number of carbonyl (C=O) groups excluding carboxylic acids is 1. The van der Waals surface area contributed by atoms with Crippen LogP contribution in [-0.2, 0) is 0 Å². The van der Waals surface area contributed by atoms with Gasteiger partial charge in [-0.05, 0) is 59.9 Å². The highest BCUT2D eigenvalue weighted by Gasteiger charge is 2.16. The molecule has 0 aliphatic carbocycles. The second-order valence-corrected chi connectivity index (χ2v) is 7.29. The quantitative estimate of drug-likeness (QED) is 0.367. The molecule has 1 heterocycles. The predicted octanol–water partition coefficient (Wildman–Crippen LogP) is 4.20. The molecule has 0 bridgehead atoms. The lowest BCUT2D eigenvalue weighted by Crippen LogP contribution is -2.35. The van der Waals surface area contributed by atoms with Crippen molar-refractivity contribution in [1.82, 2.24) is 15.2 Å². The van der Waals surface area contributed by atoms with Crippen LogP contribution in [0.2, 0.25) is 0 Å². The number of benzene rings is 2. The Morgan fingerprint density at radius 2 is 1.79 bits per heavy atom. The van der Waals surface area contributed by atoms with E-state index in [4.69, 9.17) is 0 Å². The molecule has 0 fully saturated rings. The number of hydrogen-bond acceptors (Lipinski definition) is 3. The van der Waals surface area contributed by atoms with E-state index < -0.39 is 0 Å². The van der Waals surface area contributed by atoms with Crippen LogP contribution < -0.4 is 10.7 Å². The fourth-order valence-corrected chi connectivity index (χ4v) is 3.83. The molecule has 0 saturated carbocycles. The van der Waals surface area contributed by atoms with Crippen LogP contribution in [-0.4, -0.2) is 42.0 Å². The fraction of sp³-hybridized carbons (Fsp3) is 0.300. The molecule has 5 nitrogen and oxygen atoms in total. The molecule has 152 valence electrons. The van der Waals surface area contributed by atoms with Gasteiger partial charge in [0.05, 0.1) is 16.5 Å². The number of aromatic amines is 1. The number of pyridine rings is 1. The first-order valence-electron chi connectivity index (χ1n) is 8.80. The Labute approximate surface area is 190 Å². The van der Waals surface area contributed by atoms with Crippen LogP contribution in [0.5, 0.6) is 0 Å². The van der Waals surface area contributed by atoms with Gasteiger partial charge in [-0.15, -0.1) is 24.8 Å². The summed E-state index contributed by atoms with van der Waals surface area (Å²) in [4.78, 5) is 31.2. The first kappa shape index (κ1) is 24.7. The average Bonchev–Trinajstić information content (AvgIpc) is 2.65. The van der Waals surface area contributed by atoms with Crippen LogP contribution >= 0.6 is 47.4 Å². The second kappa shape index (κ2) is 11.0. The maximum Gasteiger partial charge on any atom is 0.253 e. The number of fused-ring (bicyclic) bond motifs is 2. The Hall–Kier alpha value is -1.35. The Balaban J connectivity index is 0.00000196. The normalized spacial score (nSPS) is 10.6. The first-order valence-corrected chi connectivity index (χ1v) is 9.88. The zero-order chi connectivity index (χ0) is 18.7. The summed E-state index contributed by atoms with van der Waals surface area (Å²) in [7, 11) is 0. The molecule has 2 N–H and O–H groups in total. The van der Waals surface area contributed by atoms with E-state index in [1.165, 1.54) is 0 Å². The van der Waals surface area contributed by atoms with Crippen molar-refractivity contribution >= 4 is 75.1 Å². The lowest BCUT2D eigenvalue weighted by Gasteiger charge is -2.18. The van der Waals surface area contributed by atoms with Crippen LogP contribution in [0, 0.1) is 3.57 Å². The topological polar surface area (TPSA) is 65.2 Å². The van der Waals surface area contributed by atoms with Gasteiger partial charge in [0.15, 0.2) is 5.43 Å². The number of nitrogens with zero attached hydrogens (tertiary/aromatic N) is 1. The third-order valence-electron chi connectivity index (χ3n) is 4.67. The summed E-state index contributed by atoms with van der Waals surface area (Å²) in [6.45, 7) is 7.50. The molecule has 1 aromatic heterocycles. The van der Waals surface area contributed by atoms with Crippen molar-refractivity contribution in [1.29, 1.82) is 0 Å². The van der Waals surface area contributed by atoms with Gasteiger partial charge in [0, 0.05) is 27.6 Å². The van der Waals surface area contributed by atoms with Crippen molar-refractivity contribution < 1.29 is 4.79 Å². The van der Waals surface area contributed by atoms with Gasteiger partial charge < -0.3 is 15.2 Å². The molecule has 1 amide bonds. The molecule has 0 atom stereocenters. The number of carbonyl (C=O) groups is 1. The summed E-state index contributed by atoms with van der Waals surface area (Å²) < 4.78 is 0.837. The summed E-state index contributed by atoms with van der Waals surface area (Å²) in [5.74, 6) is -0.163. The number of amides is 1. The SMILES string of the molecule is CCN(CC)CCNC(=O)c1ccc(I)c2c(=O)c3ccccc3[nH]c12.Cl.Cl. The number of likely N-dealkylation sites (N-methyl/N-ethyl adjacent to an activating group) is 1. The molecular formula is C20H24Cl2IN3O2. The Bertz CT molecular complexity index is 1020. The molecule has 28 heavy (non-hydrogen) atoms. The minimum atomic E-state index is -0.163. The number of halogens is 3. The summed E-state index contributed by atoms with van der Waals surface area (Å²) in [5.41, 5.74) is 1.80. The van der Waals surface area contributed by atoms with Crippen LogP contribution in [0.3, 0.4) is 0 Å². The lowest BCUT2D eigenvalue weighted by atomic mass is 10.1. The van der Waals surface area contributed by atoms with Crippen molar-refractivity contribution in [3.63, 3.8) is 0 Å². The third-order valence-corrected chi connectivity index (χ3v) is 5.56. The van der Waals surface area contributed by atoms with E-state index >= 15 is 0 Å². The number of aromatic nitrogens is 1. The van der Waals surface area contributed by atoms with Crippen LogP contribution in [0.1, 0.15) is 24.2 Å². The molecule has 0 radical (unpaired) electrons. The third kappa shape index (κ3) is 4.97. The zero-order valence-electron chi connectivity index (χ0n) is 15.8. The number of H-pyrrole nitrogens is 1. The van der Waals surface area contributed by atoms with Crippen molar-refractivity contribution in [2.24, 2.45) is 0 Å². The van der Waals surface area contributed by atoms with E-state index in [1.807, 2.05) is 24.3 Å². The zero-order valence-corrected chi connectivity index (χ0v) is 19.5. The van der Waals surface area contributed by atoms with Crippen molar-refractivity contribution in [2.75, 3.05) is 26.2 Å². The minimum Gasteiger partial charge on any atom is -0.354 e. The van der Waals surface area contributed by atoms with Crippen molar-refractivity contribution in [2.45, 2.75) is 13.8 Å². The van der Waals surface area contributed by atoms with Gasteiger partial charge in [-0.25, -0.2) is 0 Å². The standard InChI is InChI=1S/C20H22IN3O2.2ClH/c1-3-24(4-2)12-11-22-20(26)14-9-10-15(21)17-18(14)23-16-8-6-5-7-13(16)19(17)25;;/h5-10H,3-4,11-12H2,1-2H3,(H,22,26)(H,23,25);2*1H. The summed E-state index contributed by atoms with van der Waals surface area (Å²) in [6, 6.07) is 11.0. The largest absolute Gasteiger partial charge is 0.354 e. The van der Waals surface area contributed by atoms with Crippen molar-refractivity contribution in [3.8, 4) is 0 Å². The van der Waals surface area contributed by atoms with Gasteiger partial charge in [0.1, 0.15) is 0 Å². The van der Waals surface area contributed by atoms with Gasteiger partial charge in [-0.2, -0.15) is 0 Å². The molecule has 0 aliphatic heterocycles. The fourth-order valence-electron chi connectivity index (χ4n) is 3.14. The van der Waals surface area contributed by atoms with Crippen LogP contribution in [0.4, 0.5) is 0 Å². The van der Waals surface area contributed by atoms with Gasteiger partial charge >= 0.3 is 0 Å². The predicted molar refractivity (Wildman–Crippen MR) is 129 cm³/mol. The van der Waals surface area contributed by atoms with Crippen molar-refractivity contribution in [3.05, 3.63) is 55.8 Å². The highest BCUT2D eigenvalue weighted by molar-refractivity contribution is 14.1. The van der Waals surface area contributed by atoms with Crippen LogP contribution in [0.25, 0.3) is 21.8 Å². The molecule has 0 unspecified atom stereocenters. The Morgan fingerprint density at radius 1 is 1.11 bits per heavy atom. The van der Waals surface area contributed by atoms with E-state index in [0.717, 1.165) is 28.7 Å². The number of hydrogen-bond donors (Lipinski definition) is 2. The monoisotopic (exact) mass is 535 g/mol. The Morgan fingerprint density at radius 3 is 2.46 bits per heavy atom. The molecule has 0 aliphatic rings. The molecule has 2 aromatic carbocycles. The first-order chi connectivity index (χ1) is 12.6. The van der Waals surface area contributed by atoms with E-state index in [1.54, 1.807) is 12.1 Å². The van der Waals surface area contributed by atoms with Crippen LogP contribution in [0.15, 0.2) is 41.2 Å². The molecule has 0 saturated heterocycles. The average molecular weight is 536 g/mol. The summed E-state index contributed by atoms with van der Waals surface area (Å²) in [5, 5.41) is 4.18. The number of rotatable bonds is 6. The summed E-state index contributed by atoms with van der Waals surface area (Å²) in [6.07, 6.45) is 0. The van der Waals surface area contributed by atoms with E-state index in [-0.39, 0.29) is 36.2 Å². The Kier molecular flexibility index (Phi) is 9.69. The molecular weight excluding hydrogens is 512 g/mol. The number of para-hydroxylation sites is 1. The highest BCUT2D eigenvalue weighted by Crippen LogP contribution is 2.23. The second-order valence-electron chi connectivity index (χ2n) is 6.13.